The van der Waals surface area contributed by atoms with Crippen LogP contribution in [-0.2, 0) is 30.8 Å². The average molecular weight is 566 g/mol. The van der Waals surface area contributed by atoms with Crippen molar-refractivity contribution in [1.29, 1.82) is 0 Å². The molecule has 2 atom stereocenters. The highest BCUT2D eigenvalue weighted by Gasteiger charge is 2.54. The first-order valence-corrected chi connectivity index (χ1v) is 15.1. The molecule has 2 unspecified atom stereocenters. The monoisotopic (exact) mass is 565 g/mol. The number of carboxylic acids is 1. The van der Waals surface area contributed by atoms with Gasteiger partial charge in [0.1, 0.15) is 11.8 Å². The molecule has 3 aromatic rings. The molecule has 1 aliphatic heterocycles. The SMILES string of the molecule is COc1ccc(-c2ccc(S(=O)(=O)N(Cc3ccccc3)C(C(=O)O)C3CCCCC34OCCCO4)cc2)cc1. The molecule has 1 saturated heterocycles. The van der Waals surface area contributed by atoms with Gasteiger partial charge in [0.2, 0.25) is 10.0 Å². The molecule has 3 aromatic carbocycles. The van der Waals surface area contributed by atoms with Gasteiger partial charge in [-0.2, -0.15) is 4.31 Å². The van der Waals surface area contributed by atoms with E-state index in [1.54, 1.807) is 31.4 Å². The maximum atomic E-state index is 14.3. The molecule has 1 saturated carbocycles. The standard InChI is InChI=1S/C31H35NO7S/c1-37-26-15-11-24(12-16-26)25-13-17-27(18-14-25)40(35,36)32(22-23-8-3-2-4-9-23)29(30(33)34)28-10-5-6-19-31(28)38-20-7-21-39-31/h2-4,8-9,11-18,28-29H,5-7,10,19-22H2,1H3,(H,33,34). The molecule has 1 aliphatic carbocycles. The summed E-state index contributed by atoms with van der Waals surface area (Å²) >= 11 is 0. The summed E-state index contributed by atoms with van der Waals surface area (Å²) in [6.07, 6.45) is 3.37. The maximum Gasteiger partial charge on any atom is 0.322 e. The number of aliphatic carboxylic acids is 1. The lowest BCUT2D eigenvalue weighted by Gasteiger charge is -2.49. The van der Waals surface area contributed by atoms with Gasteiger partial charge in [0.15, 0.2) is 5.79 Å². The van der Waals surface area contributed by atoms with Crippen molar-refractivity contribution in [2.24, 2.45) is 5.92 Å². The van der Waals surface area contributed by atoms with Crippen LogP contribution in [0, 0.1) is 5.92 Å². The van der Waals surface area contributed by atoms with Crippen molar-refractivity contribution in [3.05, 3.63) is 84.4 Å². The first kappa shape index (κ1) is 28.3. The summed E-state index contributed by atoms with van der Waals surface area (Å²) in [5, 5.41) is 10.6. The zero-order valence-corrected chi connectivity index (χ0v) is 23.4. The number of hydrogen-bond acceptors (Lipinski definition) is 6. The number of benzene rings is 3. The zero-order chi connectivity index (χ0) is 28.2. The molecule has 2 fully saturated rings. The third kappa shape index (κ3) is 5.78. The van der Waals surface area contributed by atoms with Gasteiger partial charge >= 0.3 is 5.97 Å². The lowest BCUT2D eigenvalue weighted by atomic mass is 9.77. The predicted molar refractivity (Wildman–Crippen MR) is 150 cm³/mol. The molecule has 1 heterocycles. The summed E-state index contributed by atoms with van der Waals surface area (Å²) in [6.45, 7) is 0.829. The van der Waals surface area contributed by atoms with Crippen LogP contribution in [0.4, 0.5) is 0 Å². The van der Waals surface area contributed by atoms with Gasteiger partial charge in [-0.05, 0) is 60.2 Å². The van der Waals surface area contributed by atoms with Crippen LogP contribution in [0.2, 0.25) is 0 Å². The summed E-state index contributed by atoms with van der Waals surface area (Å²) < 4.78 is 47.2. The minimum atomic E-state index is -4.24. The van der Waals surface area contributed by atoms with Crippen LogP contribution in [0.25, 0.3) is 11.1 Å². The minimum Gasteiger partial charge on any atom is -0.497 e. The quantitative estimate of drug-likeness (QED) is 0.374. The van der Waals surface area contributed by atoms with Crippen LogP contribution in [0.1, 0.15) is 37.7 Å². The van der Waals surface area contributed by atoms with E-state index in [0.717, 1.165) is 40.4 Å². The Hall–Kier alpha value is -3.24. The topological polar surface area (TPSA) is 102 Å². The number of rotatable bonds is 9. The van der Waals surface area contributed by atoms with Crippen molar-refractivity contribution < 1.29 is 32.5 Å². The molecular weight excluding hydrogens is 530 g/mol. The third-order valence-electron chi connectivity index (χ3n) is 7.85. The Morgan fingerprint density at radius 1 is 0.950 bits per heavy atom. The summed E-state index contributed by atoms with van der Waals surface area (Å²) in [7, 11) is -2.64. The normalized spacial score (nSPS) is 19.8. The number of ether oxygens (including phenoxy) is 3. The van der Waals surface area contributed by atoms with Crippen molar-refractivity contribution in [3.8, 4) is 16.9 Å². The van der Waals surface area contributed by atoms with Gasteiger partial charge in [-0.1, -0.05) is 61.0 Å². The smallest absolute Gasteiger partial charge is 0.322 e. The Balaban J connectivity index is 1.54. The molecule has 0 bridgehead atoms. The van der Waals surface area contributed by atoms with E-state index in [4.69, 9.17) is 14.2 Å². The van der Waals surface area contributed by atoms with E-state index in [-0.39, 0.29) is 11.4 Å². The van der Waals surface area contributed by atoms with Crippen LogP contribution >= 0.6 is 0 Å². The second kappa shape index (κ2) is 12.1. The Bertz CT molecular complexity index is 1380. The van der Waals surface area contributed by atoms with E-state index >= 15 is 0 Å². The molecule has 0 radical (unpaired) electrons. The van der Waals surface area contributed by atoms with Crippen molar-refractivity contribution in [2.75, 3.05) is 20.3 Å². The number of hydrogen-bond donors (Lipinski definition) is 1. The predicted octanol–water partition coefficient (Wildman–Crippen LogP) is 5.33. The van der Waals surface area contributed by atoms with Crippen molar-refractivity contribution in [3.63, 3.8) is 0 Å². The first-order valence-electron chi connectivity index (χ1n) is 13.6. The van der Waals surface area contributed by atoms with Gasteiger partial charge in [-0.3, -0.25) is 4.79 Å². The van der Waals surface area contributed by atoms with Crippen LogP contribution in [0.15, 0.2) is 83.8 Å². The molecule has 2 aliphatic rings. The van der Waals surface area contributed by atoms with E-state index in [1.807, 2.05) is 42.5 Å². The Morgan fingerprint density at radius 3 is 2.17 bits per heavy atom. The molecule has 1 N–H and O–H groups in total. The molecule has 5 rings (SSSR count). The number of carboxylic acid groups (broad SMARTS) is 1. The highest BCUT2D eigenvalue weighted by molar-refractivity contribution is 7.89. The van der Waals surface area contributed by atoms with Crippen LogP contribution in [0.5, 0.6) is 5.75 Å². The number of sulfonamides is 1. The molecular formula is C31H35NO7S. The average Bonchev–Trinajstić information content (AvgIpc) is 2.99. The molecule has 40 heavy (non-hydrogen) atoms. The number of methoxy groups -OCH3 is 1. The Kier molecular flexibility index (Phi) is 8.56. The lowest BCUT2D eigenvalue weighted by molar-refractivity contribution is -0.311. The first-order chi connectivity index (χ1) is 19.3. The van der Waals surface area contributed by atoms with Crippen LogP contribution < -0.4 is 4.74 Å². The Labute approximate surface area is 235 Å². The van der Waals surface area contributed by atoms with Crippen molar-refractivity contribution in [2.45, 2.75) is 55.4 Å². The van der Waals surface area contributed by atoms with E-state index in [1.165, 1.54) is 12.1 Å². The summed E-state index contributed by atoms with van der Waals surface area (Å²) in [4.78, 5) is 13.0. The molecule has 1 spiro atoms. The van der Waals surface area contributed by atoms with E-state index in [9.17, 15) is 18.3 Å². The molecule has 9 heteroatoms. The highest BCUT2D eigenvalue weighted by atomic mass is 32.2. The molecule has 0 amide bonds. The van der Waals surface area contributed by atoms with Gasteiger partial charge in [-0.15, -0.1) is 0 Å². The van der Waals surface area contributed by atoms with Gasteiger partial charge in [0.05, 0.1) is 25.2 Å². The highest BCUT2D eigenvalue weighted by Crippen LogP contribution is 2.44. The van der Waals surface area contributed by atoms with Gasteiger partial charge < -0.3 is 19.3 Å². The lowest BCUT2D eigenvalue weighted by Crippen LogP contribution is -2.60. The number of carbonyl (C=O) groups is 1. The van der Waals surface area contributed by atoms with E-state index < -0.39 is 33.7 Å². The van der Waals surface area contributed by atoms with Crippen molar-refractivity contribution in [1.82, 2.24) is 4.31 Å². The van der Waals surface area contributed by atoms with Gasteiger partial charge in [0, 0.05) is 18.9 Å². The van der Waals surface area contributed by atoms with Gasteiger partial charge in [0.25, 0.3) is 0 Å². The maximum absolute atomic E-state index is 14.3. The summed E-state index contributed by atoms with van der Waals surface area (Å²) in [5.74, 6) is -2.25. The molecule has 212 valence electrons. The summed E-state index contributed by atoms with van der Waals surface area (Å²) in [6, 6.07) is 21.7. The Morgan fingerprint density at radius 2 is 1.57 bits per heavy atom. The van der Waals surface area contributed by atoms with E-state index in [0.29, 0.717) is 31.6 Å². The molecule has 8 nitrogen and oxygen atoms in total. The van der Waals surface area contributed by atoms with Crippen LogP contribution in [-0.4, -0.2) is 56.0 Å². The molecule has 0 aromatic heterocycles. The third-order valence-corrected chi connectivity index (χ3v) is 9.69. The summed E-state index contributed by atoms with van der Waals surface area (Å²) in [5.41, 5.74) is 2.44. The van der Waals surface area contributed by atoms with Crippen LogP contribution in [0.3, 0.4) is 0 Å². The van der Waals surface area contributed by atoms with Crippen molar-refractivity contribution >= 4 is 16.0 Å². The second-order valence-corrected chi connectivity index (χ2v) is 12.2. The fraction of sp³-hybridized carbons (Fsp3) is 0.387. The fourth-order valence-corrected chi connectivity index (χ4v) is 7.42. The second-order valence-electron chi connectivity index (χ2n) is 10.3. The van der Waals surface area contributed by atoms with Gasteiger partial charge in [-0.25, -0.2) is 8.42 Å². The largest absolute Gasteiger partial charge is 0.497 e. The van der Waals surface area contributed by atoms with E-state index in [2.05, 4.69) is 0 Å². The minimum absolute atomic E-state index is 0.0299. The zero-order valence-electron chi connectivity index (χ0n) is 22.6. The number of nitrogens with zero attached hydrogens (tertiary/aromatic N) is 1. The fourth-order valence-electron chi connectivity index (χ4n) is 5.82.